The van der Waals surface area contributed by atoms with Gasteiger partial charge in [-0.1, -0.05) is 18.9 Å². The molecule has 7 nitrogen and oxygen atoms in total. The van der Waals surface area contributed by atoms with Gasteiger partial charge in [0.1, 0.15) is 0 Å². The fraction of sp³-hybridized carbons (Fsp3) is 0.632. The monoisotopic (exact) mass is 397 g/mol. The third-order valence-corrected chi connectivity index (χ3v) is 7.08. The SMILES string of the molecule is COc1cccc(OC)c1OCC(=O)N(C1CCCC1)[C@H]1CCS(=O)(=O)C1. The maximum atomic E-state index is 13.0. The fourth-order valence-corrected chi connectivity index (χ4v) is 5.76. The molecule has 2 aliphatic rings. The van der Waals surface area contributed by atoms with E-state index in [1.54, 1.807) is 23.1 Å². The minimum absolute atomic E-state index is 0.0488. The second-order valence-electron chi connectivity index (χ2n) is 7.08. The largest absolute Gasteiger partial charge is 0.493 e. The second-order valence-corrected chi connectivity index (χ2v) is 9.31. The van der Waals surface area contributed by atoms with Gasteiger partial charge in [-0.3, -0.25) is 4.79 Å². The number of rotatable bonds is 7. The molecule has 1 amide bonds. The molecule has 8 heteroatoms. The van der Waals surface area contributed by atoms with Gasteiger partial charge in [-0.15, -0.1) is 0 Å². The minimum Gasteiger partial charge on any atom is -0.493 e. The molecular formula is C19H27NO6S. The van der Waals surface area contributed by atoms with Gasteiger partial charge in [0.05, 0.1) is 25.7 Å². The van der Waals surface area contributed by atoms with Gasteiger partial charge >= 0.3 is 0 Å². The van der Waals surface area contributed by atoms with Crippen LogP contribution in [0.25, 0.3) is 0 Å². The van der Waals surface area contributed by atoms with E-state index in [1.165, 1.54) is 14.2 Å². The number of hydrogen-bond acceptors (Lipinski definition) is 6. The van der Waals surface area contributed by atoms with Gasteiger partial charge in [-0.05, 0) is 31.4 Å². The standard InChI is InChI=1S/C19H27NO6S/c1-24-16-8-5-9-17(25-2)19(16)26-12-18(21)20(14-6-3-4-7-14)15-10-11-27(22,23)13-15/h5,8-9,14-15H,3-4,6-7,10-13H2,1-2H3/t15-/m0/s1. The molecule has 1 heterocycles. The van der Waals surface area contributed by atoms with E-state index in [9.17, 15) is 13.2 Å². The Morgan fingerprint density at radius 1 is 1.07 bits per heavy atom. The molecule has 1 aromatic carbocycles. The van der Waals surface area contributed by atoms with Crippen molar-refractivity contribution in [2.45, 2.75) is 44.2 Å². The van der Waals surface area contributed by atoms with Crippen LogP contribution in [0, 0.1) is 0 Å². The summed E-state index contributed by atoms with van der Waals surface area (Å²) in [7, 11) is -0.0158. The summed E-state index contributed by atoms with van der Waals surface area (Å²) in [5.74, 6) is 1.36. The van der Waals surface area contributed by atoms with Crippen molar-refractivity contribution >= 4 is 15.7 Å². The molecule has 27 heavy (non-hydrogen) atoms. The van der Waals surface area contributed by atoms with Crippen LogP contribution in [0.3, 0.4) is 0 Å². The van der Waals surface area contributed by atoms with Crippen LogP contribution < -0.4 is 14.2 Å². The number of benzene rings is 1. The predicted molar refractivity (Wildman–Crippen MR) is 101 cm³/mol. The van der Waals surface area contributed by atoms with Crippen LogP contribution in [0.5, 0.6) is 17.2 Å². The highest BCUT2D eigenvalue weighted by Crippen LogP contribution is 2.37. The molecule has 0 aromatic heterocycles. The van der Waals surface area contributed by atoms with Gasteiger partial charge in [0.25, 0.3) is 5.91 Å². The lowest BCUT2D eigenvalue weighted by molar-refractivity contribution is -0.137. The second kappa shape index (κ2) is 8.37. The van der Waals surface area contributed by atoms with Crippen LogP contribution in [0.15, 0.2) is 18.2 Å². The van der Waals surface area contributed by atoms with Crippen molar-refractivity contribution in [1.29, 1.82) is 0 Å². The molecule has 1 saturated carbocycles. The molecule has 0 bridgehead atoms. The van der Waals surface area contributed by atoms with Gasteiger partial charge in [0, 0.05) is 12.1 Å². The first-order valence-corrected chi connectivity index (χ1v) is 11.1. The number of methoxy groups -OCH3 is 2. The number of para-hydroxylation sites is 1. The first-order chi connectivity index (χ1) is 12.9. The quantitative estimate of drug-likeness (QED) is 0.700. The highest BCUT2D eigenvalue weighted by Gasteiger charge is 2.39. The Morgan fingerprint density at radius 2 is 1.70 bits per heavy atom. The first-order valence-electron chi connectivity index (χ1n) is 9.30. The van der Waals surface area contributed by atoms with Crippen LogP contribution in [0.2, 0.25) is 0 Å². The Balaban J connectivity index is 1.75. The molecule has 150 valence electrons. The summed E-state index contributed by atoms with van der Waals surface area (Å²) in [4.78, 5) is 14.8. The van der Waals surface area contributed by atoms with Crippen molar-refractivity contribution in [1.82, 2.24) is 4.90 Å². The van der Waals surface area contributed by atoms with Gasteiger partial charge in [0.2, 0.25) is 5.75 Å². The Kier molecular flexibility index (Phi) is 6.14. The summed E-state index contributed by atoms with van der Waals surface area (Å²) in [6, 6.07) is 5.09. The van der Waals surface area contributed by atoms with Crippen molar-refractivity contribution in [3.8, 4) is 17.2 Å². The van der Waals surface area contributed by atoms with E-state index in [4.69, 9.17) is 14.2 Å². The van der Waals surface area contributed by atoms with E-state index in [0.717, 1.165) is 25.7 Å². The molecule has 1 aliphatic heterocycles. The van der Waals surface area contributed by atoms with Gasteiger partial charge in [0.15, 0.2) is 27.9 Å². The van der Waals surface area contributed by atoms with Gasteiger partial charge in [-0.2, -0.15) is 0 Å². The zero-order valence-corrected chi connectivity index (χ0v) is 16.7. The molecule has 3 rings (SSSR count). The van der Waals surface area contributed by atoms with Crippen molar-refractivity contribution in [3.05, 3.63) is 18.2 Å². The van der Waals surface area contributed by atoms with Crippen LogP contribution in [-0.4, -0.2) is 63.6 Å². The Labute approximate surface area is 160 Å². The number of carbonyl (C=O) groups excluding carboxylic acids is 1. The molecule has 1 aromatic rings. The minimum atomic E-state index is -3.07. The zero-order valence-electron chi connectivity index (χ0n) is 15.8. The summed E-state index contributed by atoms with van der Waals surface area (Å²) >= 11 is 0. The van der Waals surface area contributed by atoms with Crippen LogP contribution in [0.4, 0.5) is 0 Å². The number of carbonyl (C=O) groups is 1. The van der Waals surface area contributed by atoms with E-state index in [-0.39, 0.29) is 36.1 Å². The summed E-state index contributed by atoms with van der Waals surface area (Å²) in [5.41, 5.74) is 0. The first kappa shape index (κ1) is 19.8. The molecule has 0 unspecified atom stereocenters. The number of ether oxygens (including phenoxy) is 3. The van der Waals surface area contributed by atoms with Crippen molar-refractivity contribution in [2.75, 3.05) is 32.3 Å². The lowest BCUT2D eigenvalue weighted by Gasteiger charge is -2.34. The van der Waals surface area contributed by atoms with E-state index in [2.05, 4.69) is 0 Å². The molecule has 1 atom stereocenters. The molecule has 0 N–H and O–H groups in total. The van der Waals surface area contributed by atoms with Crippen molar-refractivity contribution in [2.24, 2.45) is 0 Å². The summed E-state index contributed by atoms with van der Waals surface area (Å²) in [6.07, 6.45) is 4.47. The Morgan fingerprint density at radius 3 is 2.22 bits per heavy atom. The lowest BCUT2D eigenvalue weighted by atomic mass is 10.1. The Bertz CT molecular complexity index is 750. The predicted octanol–water partition coefficient (Wildman–Crippen LogP) is 2.04. The van der Waals surface area contributed by atoms with Crippen molar-refractivity contribution in [3.63, 3.8) is 0 Å². The van der Waals surface area contributed by atoms with Crippen molar-refractivity contribution < 1.29 is 27.4 Å². The molecule has 1 aliphatic carbocycles. The maximum absolute atomic E-state index is 13.0. The maximum Gasteiger partial charge on any atom is 0.261 e. The highest BCUT2D eigenvalue weighted by atomic mass is 32.2. The summed E-state index contributed by atoms with van der Waals surface area (Å²) < 4.78 is 40.2. The van der Waals surface area contributed by atoms with E-state index in [1.807, 2.05) is 0 Å². The lowest BCUT2D eigenvalue weighted by Crippen LogP contribution is -2.48. The average Bonchev–Trinajstić information content (AvgIpc) is 3.29. The fourth-order valence-electron chi connectivity index (χ4n) is 4.05. The van der Waals surface area contributed by atoms with Crippen LogP contribution >= 0.6 is 0 Å². The Hall–Kier alpha value is -1.96. The van der Waals surface area contributed by atoms with E-state index in [0.29, 0.717) is 23.7 Å². The number of sulfone groups is 1. The number of hydrogen-bond donors (Lipinski definition) is 0. The highest BCUT2D eigenvalue weighted by molar-refractivity contribution is 7.91. The third-order valence-electron chi connectivity index (χ3n) is 5.33. The van der Waals surface area contributed by atoms with Gasteiger partial charge in [-0.25, -0.2) is 8.42 Å². The number of nitrogens with zero attached hydrogens (tertiary/aromatic N) is 1. The third kappa shape index (κ3) is 4.48. The molecular weight excluding hydrogens is 370 g/mol. The van der Waals surface area contributed by atoms with E-state index >= 15 is 0 Å². The van der Waals surface area contributed by atoms with Gasteiger partial charge < -0.3 is 19.1 Å². The average molecular weight is 397 g/mol. The topological polar surface area (TPSA) is 82.1 Å². The summed E-state index contributed by atoms with van der Waals surface area (Å²) in [5, 5.41) is 0. The molecule has 0 radical (unpaired) electrons. The smallest absolute Gasteiger partial charge is 0.261 e. The normalized spacial score (nSPS) is 21.8. The summed E-state index contributed by atoms with van der Waals surface area (Å²) in [6.45, 7) is -0.177. The molecule has 1 saturated heterocycles. The molecule has 2 fully saturated rings. The number of amides is 1. The van der Waals surface area contributed by atoms with E-state index < -0.39 is 9.84 Å². The van der Waals surface area contributed by atoms with Crippen LogP contribution in [-0.2, 0) is 14.6 Å². The zero-order chi connectivity index (χ0) is 19.4. The van der Waals surface area contributed by atoms with Crippen LogP contribution in [0.1, 0.15) is 32.1 Å². The molecule has 0 spiro atoms.